The van der Waals surface area contributed by atoms with E-state index < -0.39 is 8.32 Å². The van der Waals surface area contributed by atoms with E-state index in [9.17, 15) is 0 Å². The number of nitrogens with two attached hydrogens (primary N) is 1. The molecule has 2 nitrogen and oxygen atoms in total. The van der Waals surface area contributed by atoms with Gasteiger partial charge in [0.25, 0.3) is 0 Å². The summed E-state index contributed by atoms with van der Waals surface area (Å²) in [5, 5.41) is 0. The summed E-state index contributed by atoms with van der Waals surface area (Å²) < 4.78 is 5.59. The van der Waals surface area contributed by atoms with Crippen LogP contribution in [0, 0.1) is 0 Å². The summed E-state index contributed by atoms with van der Waals surface area (Å²) >= 11 is 0. The Morgan fingerprint density at radius 2 is 1.50 bits per heavy atom. The smallest absolute Gasteiger partial charge is 0.193 e. The first-order valence-corrected chi connectivity index (χ1v) is 6.61. The molecular weight excluding hydrogens is 142 g/mol. The molecule has 0 unspecified atom stereocenters. The molecule has 0 amide bonds. The molecule has 62 valence electrons. The van der Waals surface area contributed by atoms with E-state index in [1.54, 1.807) is 0 Å². The summed E-state index contributed by atoms with van der Waals surface area (Å²) in [6.07, 6.45) is 0. The Hall–Kier alpha value is 0.137. The van der Waals surface area contributed by atoms with Crippen LogP contribution in [-0.4, -0.2) is 15.0 Å². The molecule has 10 heavy (non-hydrogen) atoms. The van der Waals surface area contributed by atoms with E-state index in [2.05, 4.69) is 20.8 Å². The third-order valence-corrected chi connectivity index (χ3v) is 6.97. The summed E-state index contributed by atoms with van der Waals surface area (Å²) in [6, 6.07) is 3.58. The summed E-state index contributed by atoms with van der Waals surface area (Å²) in [5.74, 6) is 0. The van der Waals surface area contributed by atoms with Crippen molar-refractivity contribution in [3.8, 4) is 0 Å². The molecule has 0 saturated heterocycles. The molecule has 0 aliphatic rings. The summed E-state index contributed by atoms with van der Waals surface area (Å²) in [6.45, 7) is 7.01. The highest BCUT2D eigenvalue weighted by atomic mass is 28.4. The fourth-order valence-corrected chi connectivity index (χ4v) is 3.70. The predicted octanol–water partition coefficient (Wildman–Crippen LogP) is 1.92. The highest BCUT2D eigenvalue weighted by Gasteiger charge is 2.27. The molecular formula is C7H19NOSi. The lowest BCUT2D eigenvalue weighted by molar-refractivity contribution is 0.311. The molecule has 0 fully saturated rings. The van der Waals surface area contributed by atoms with Crippen LogP contribution in [0.5, 0.6) is 0 Å². The van der Waals surface area contributed by atoms with Crippen molar-refractivity contribution < 1.29 is 4.43 Å². The Morgan fingerprint density at radius 1 is 1.10 bits per heavy atom. The summed E-state index contributed by atoms with van der Waals surface area (Å²) in [4.78, 5) is 0. The van der Waals surface area contributed by atoms with Crippen LogP contribution in [-0.2, 0) is 4.43 Å². The van der Waals surface area contributed by atoms with Gasteiger partial charge >= 0.3 is 0 Å². The molecule has 0 heterocycles. The lowest BCUT2D eigenvalue weighted by Gasteiger charge is -2.26. The van der Waals surface area contributed by atoms with E-state index in [4.69, 9.17) is 10.2 Å². The van der Waals surface area contributed by atoms with E-state index in [1.807, 2.05) is 0 Å². The normalized spacial score (nSPS) is 12.0. The average Bonchev–Trinajstić information content (AvgIpc) is 2.01. The first-order chi connectivity index (χ1) is 4.74. The Kier molecular flexibility index (Phi) is 4.94. The Balaban J connectivity index is 3.87. The van der Waals surface area contributed by atoms with Crippen LogP contribution in [0.25, 0.3) is 0 Å². The van der Waals surface area contributed by atoms with E-state index in [0.717, 1.165) is 0 Å². The van der Waals surface area contributed by atoms with E-state index in [0.29, 0.717) is 6.73 Å². The van der Waals surface area contributed by atoms with Gasteiger partial charge in [0.05, 0.1) is 6.73 Å². The van der Waals surface area contributed by atoms with Crippen molar-refractivity contribution in [2.24, 2.45) is 5.73 Å². The van der Waals surface area contributed by atoms with Crippen LogP contribution in [0.3, 0.4) is 0 Å². The van der Waals surface area contributed by atoms with Crippen molar-refractivity contribution in [1.82, 2.24) is 0 Å². The van der Waals surface area contributed by atoms with Crippen molar-refractivity contribution in [2.45, 2.75) is 38.9 Å². The van der Waals surface area contributed by atoms with E-state index in [1.165, 1.54) is 18.1 Å². The second-order valence-electron chi connectivity index (χ2n) is 2.55. The Labute approximate surface area is 64.9 Å². The fraction of sp³-hybridized carbons (Fsp3) is 1.00. The number of hydrogen-bond donors (Lipinski definition) is 1. The van der Waals surface area contributed by atoms with Gasteiger partial charge in [-0.25, -0.2) is 0 Å². The largest absolute Gasteiger partial charge is 0.405 e. The molecule has 0 aliphatic heterocycles. The van der Waals surface area contributed by atoms with Crippen molar-refractivity contribution in [3.63, 3.8) is 0 Å². The second kappa shape index (κ2) is 4.88. The molecule has 0 atom stereocenters. The van der Waals surface area contributed by atoms with Crippen LogP contribution in [0.2, 0.25) is 18.1 Å². The quantitative estimate of drug-likeness (QED) is 0.494. The van der Waals surface area contributed by atoms with Gasteiger partial charge in [0.2, 0.25) is 0 Å². The van der Waals surface area contributed by atoms with Crippen LogP contribution in [0.15, 0.2) is 0 Å². The topological polar surface area (TPSA) is 35.2 Å². The second-order valence-corrected chi connectivity index (χ2v) is 7.33. The molecule has 0 saturated carbocycles. The molecule has 0 spiro atoms. The van der Waals surface area contributed by atoms with Crippen molar-refractivity contribution in [3.05, 3.63) is 0 Å². The highest BCUT2D eigenvalue weighted by Crippen LogP contribution is 2.20. The number of hydrogen-bond acceptors (Lipinski definition) is 2. The van der Waals surface area contributed by atoms with Gasteiger partial charge in [0.15, 0.2) is 8.32 Å². The molecule has 2 N–H and O–H groups in total. The van der Waals surface area contributed by atoms with Crippen LogP contribution < -0.4 is 5.73 Å². The SMILES string of the molecule is CC[Si](CC)(CC)OCN. The highest BCUT2D eigenvalue weighted by molar-refractivity contribution is 6.73. The predicted molar refractivity (Wildman–Crippen MR) is 47.3 cm³/mol. The Bertz CT molecular complexity index is 75.4. The maximum atomic E-state index is 5.59. The maximum absolute atomic E-state index is 5.59. The maximum Gasteiger partial charge on any atom is 0.193 e. The van der Waals surface area contributed by atoms with Crippen molar-refractivity contribution in [1.29, 1.82) is 0 Å². The monoisotopic (exact) mass is 161 g/mol. The van der Waals surface area contributed by atoms with Gasteiger partial charge in [-0.05, 0) is 18.1 Å². The fourth-order valence-electron chi connectivity index (χ4n) is 1.23. The molecule has 0 aliphatic carbocycles. The van der Waals surface area contributed by atoms with Gasteiger partial charge in [-0.15, -0.1) is 0 Å². The van der Waals surface area contributed by atoms with E-state index in [-0.39, 0.29) is 0 Å². The third kappa shape index (κ3) is 2.40. The van der Waals surface area contributed by atoms with E-state index >= 15 is 0 Å². The average molecular weight is 161 g/mol. The Morgan fingerprint density at radius 3 is 1.60 bits per heavy atom. The van der Waals surface area contributed by atoms with Gasteiger partial charge < -0.3 is 10.2 Å². The third-order valence-electron chi connectivity index (χ3n) is 2.32. The van der Waals surface area contributed by atoms with Gasteiger partial charge in [-0.3, -0.25) is 0 Å². The molecule has 3 heteroatoms. The molecule has 0 aromatic heterocycles. The van der Waals surface area contributed by atoms with Gasteiger partial charge in [-0.2, -0.15) is 0 Å². The van der Waals surface area contributed by atoms with Crippen molar-refractivity contribution in [2.75, 3.05) is 6.73 Å². The zero-order chi connectivity index (χ0) is 8.04. The molecule has 0 aromatic rings. The first kappa shape index (κ1) is 10.1. The van der Waals surface area contributed by atoms with Crippen molar-refractivity contribution >= 4 is 8.32 Å². The lowest BCUT2D eigenvalue weighted by Crippen LogP contribution is -2.37. The molecule has 0 radical (unpaired) electrons. The molecule has 0 aromatic carbocycles. The van der Waals surface area contributed by atoms with Crippen LogP contribution in [0.4, 0.5) is 0 Å². The lowest BCUT2D eigenvalue weighted by atomic mass is 10.9. The summed E-state index contributed by atoms with van der Waals surface area (Å²) in [7, 11) is -1.34. The van der Waals surface area contributed by atoms with Gasteiger partial charge in [0.1, 0.15) is 0 Å². The zero-order valence-electron chi connectivity index (χ0n) is 7.31. The van der Waals surface area contributed by atoms with Crippen LogP contribution in [0.1, 0.15) is 20.8 Å². The zero-order valence-corrected chi connectivity index (χ0v) is 8.31. The molecule has 0 bridgehead atoms. The number of rotatable bonds is 5. The van der Waals surface area contributed by atoms with Gasteiger partial charge in [0, 0.05) is 0 Å². The standard InChI is InChI=1S/C7H19NOSi/c1-4-10(5-2,6-3)9-7-8/h4-8H2,1-3H3. The minimum absolute atomic E-state index is 0.405. The first-order valence-electron chi connectivity index (χ1n) is 4.08. The molecule has 0 rings (SSSR count). The summed E-state index contributed by atoms with van der Waals surface area (Å²) in [5.41, 5.74) is 5.35. The van der Waals surface area contributed by atoms with Gasteiger partial charge in [-0.1, -0.05) is 20.8 Å². The van der Waals surface area contributed by atoms with Crippen LogP contribution >= 0.6 is 0 Å². The minimum Gasteiger partial charge on any atom is -0.405 e. The minimum atomic E-state index is -1.34.